The summed E-state index contributed by atoms with van der Waals surface area (Å²) in [6, 6.07) is 1.90. The van der Waals surface area contributed by atoms with Crippen LogP contribution in [0.4, 0.5) is 0 Å². The molecule has 5 heteroatoms. The molecule has 1 aliphatic heterocycles. The Morgan fingerprint density at radius 3 is 2.92 bits per heavy atom. The van der Waals surface area contributed by atoms with Gasteiger partial charge in [0.25, 0.3) is 5.91 Å². The zero-order valence-corrected chi connectivity index (χ0v) is 14.8. The first-order valence-electron chi connectivity index (χ1n) is 9.82. The zero-order valence-electron chi connectivity index (χ0n) is 14.8. The smallest absolute Gasteiger partial charge is 0.276 e. The minimum atomic E-state index is -0.478. The molecule has 0 aromatic carbocycles. The Morgan fingerprint density at radius 2 is 2.16 bits per heavy atom. The molecule has 0 bridgehead atoms. The van der Waals surface area contributed by atoms with Crippen LogP contribution in [0.25, 0.3) is 0 Å². The van der Waals surface area contributed by atoms with E-state index in [-0.39, 0.29) is 0 Å². The Hall–Kier alpha value is -1.46. The maximum Gasteiger partial charge on any atom is 0.276 e. The number of fused-ring (bicyclic) bond motifs is 2. The molecule has 3 aliphatic carbocycles. The molecule has 5 rings (SSSR count). The highest BCUT2D eigenvalue weighted by molar-refractivity contribution is 5.93. The summed E-state index contributed by atoms with van der Waals surface area (Å²) < 4.78 is 0. The highest BCUT2D eigenvalue weighted by Gasteiger charge is 2.62. The van der Waals surface area contributed by atoms with E-state index >= 15 is 0 Å². The second-order valence-electron chi connectivity index (χ2n) is 8.87. The topological polar surface area (TPSA) is 65.5 Å². The number of pyridine rings is 1. The number of nitrogens with zero attached hydrogens (tertiary/aromatic N) is 2. The molecule has 1 unspecified atom stereocenters. The van der Waals surface area contributed by atoms with Crippen molar-refractivity contribution in [2.24, 2.45) is 11.3 Å². The van der Waals surface area contributed by atoms with Gasteiger partial charge in [0.15, 0.2) is 0 Å². The molecule has 1 spiro atoms. The lowest BCUT2D eigenvalue weighted by Gasteiger charge is -2.47. The van der Waals surface area contributed by atoms with Gasteiger partial charge in [-0.2, -0.15) is 0 Å². The summed E-state index contributed by atoms with van der Waals surface area (Å²) in [6.07, 6.45) is 14.0. The molecule has 2 atom stereocenters. The predicted octanol–water partition coefficient (Wildman–Crippen LogP) is 3.06. The van der Waals surface area contributed by atoms with Crippen molar-refractivity contribution in [3.63, 3.8) is 0 Å². The van der Waals surface area contributed by atoms with Crippen LogP contribution in [-0.4, -0.2) is 33.1 Å². The van der Waals surface area contributed by atoms with Gasteiger partial charge in [-0.25, -0.2) is 5.48 Å². The highest BCUT2D eigenvalue weighted by Crippen LogP contribution is 2.65. The molecule has 3 fully saturated rings. The van der Waals surface area contributed by atoms with E-state index in [4.69, 9.17) is 5.21 Å². The Morgan fingerprint density at radius 1 is 1.32 bits per heavy atom. The van der Waals surface area contributed by atoms with E-state index in [1.807, 2.05) is 6.07 Å². The Labute approximate surface area is 148 Å². The number of amides is 1. The molecular weight excluding hydrogens is 314 g/mol. The standard InChI is InChI=1S/C20H27N3O2/c24-18(22-25)15-9-14-4-8-23(12-17(14)21-11-15)20-10-16(20)3-1-5-19(13-20)6-2-7-19/h9,11,16,25H,1-8,10,12-13H2,(H,22,24)/t16?,20-/m0/s1. The average Bonchev–Trinajstić information content (AvgIpc) is 3.32. The number of hydrogen-bond donors (Lipinski definition) is 2. The second kappa shape index (κ2) is 5.52. The summed E-state index contributed by atoms with van der Waals surface area (Å²) in [5.41, 5.74) is 5.52. The van der Waals surface area contributed by atoms with Gasteiger partial charge in [0, 0.05) is 24.8 Å². The minimum Gasteiger partial charge on any atom is -0.291 e. The molecule has 2 N–H and O–H groups in total. The number of hydrogen-bond acceptors (Lipinski definition) is 4. The predicted molar refractivity (Wildman–Crippen MR) is 93.2 cm³/mol. The molecule has 25 heavy (non-hydrogen) atoms. The van der Waals surface area contributed by atoms with Crippen LogP contribution in [0.2, 0.25) is 0 Å². The van der Waals surface area contributed by atoms with E-state index < -0.39 is 5.91 Å². The van der Waals surface area contributed by atoms with Crippen molar-refractivity contribution < 1.29 is 10.0 Å². The molecule has 1 aromatic heterocycles. The first kappa shape index (κ1) is 15.8. The van der Waals surface area contributed by atoms with Gasteiger partial charge in [0.05, 0.1) is 11.3 Å². The third-order valence-corrected chi connectivity index (χ3v) is 7.60. The zero-order chi connectivity index (χ0) is 17.1. The summed E-state index contributed by atoms with van der Waals surface area (Å²) >= 11 is 0. The molecule has 0 radical (unpaired) electrons. The fraction of sp³-hybridized carbons (Fsp3) is 0.700. The molecule has 134 valence electrons. The third kappa shape index (κ3) is 2.43. The quantitative estimate of drug-likeness (QED) is 0.641. The molecule has 2 heterocycles. The van der Waals surface area contributed by atoms with Crippen molar-refractivity contribution in [1.82, 2.24) is 15.4 Å². The first-order chi connectivity index (χ1) is 12.1. The lowest BCUT2D eigenvalue weighted by molar-refractivity contribution is 0.0376. The van der Waals surface area contributed by atoms with Crippen LogP contribution in [-0.2, 0) is 13.0 Å². The Bertz CT molecular complexity index is 715. The van der Waals surface area contributed by atoms with Crippen molar-refractivity contribution in [3.05, 3.63) is 29.1 Å². The monoisotopic (exact) mass is 341 g/mol. The number of rotatable bonds is 2. The van der Waals surface area contributed by atoms with E-state index in [0.717, 1.165) is 36.7 Å². The number of aromatic nitrogens is 1. The van der Waals surface area contributed by atoms with Gasteiger partial charge in [-0.3, -0.25) is 19.9 Å². The molecule has 1 amide bonds. The summed E-state index contributed by atoms with van der Waals surface area (Å²) in [4.78, 5) is 18.9. The van der Waals surface area contributed by atoms with Crippen LogP contribution < -0.4 is 5.48 Å². The Kier molecular flexibility index (Phi) is 3.48. The van der Waals surface area contributed by atoms with Crippen LogP contribution in [0, 0.1) is 11.3 Å². The van der Waals surface area contributed by atoms with E-state index in [9.17, 15) is 4.79 Å². The van der Waals surface area contributed by atoms with Gasteiger partial charge in [-0.05, 0) is 67.9 Å². The summed E-state index contributed by atoms with van der Waals surface area (Å²) in [7, 11) is 0. The third-order valence-electron chi connectivity index (χ3n) is 7.60. The largest absolute Gasteiger partial charge is 0.291 e. The average molecular weight is 341 g/mol. The number of carbonyl (C=O) groups excluding carboxylic acids is 1. The lowest BCUT2D eigenvalue weighted by atomic mass is 9.62. The molecule has 4 aliphatic rings. The Balaban J connectivity index is 1.38. The van der Waals surface area contributed by atoms with Crippen LogP contribution in [0.5, 0.6) is 0 Å². The van der Waals surface area contributed by atoms with Gasteiger partial charge in [-0.15, -0.1) is 0 Å². The maximum absolute atomic E-state index is 11.6. The van der Waals surface area contributed by atoms with E-state index in [2.05, 4.69) is 9.88 Å². The van der Waals surface area contributed by atoms with Crippen LogP contribution in [0.15, 0.2) is 12.3 Å². The first-order valence-corrected chi connectivity index (χ1v) is 9.82. The fourth-order valence-electron chi connectivity index (χ4n) is 6.00. The molecule has 3 saturated carbocycles. The van der Waals surface area contributed by atoms with Crippen molar-refractivity contribution in [1.29, 1.82) is 0 Å². The summed E-state index contributed by atoms with van der Waals surface area (Å²) in [6.45, 7) is 1.99. The van der Waals surface area contributed by atoms with E-state index in [1.165, 1.54) is 51.4 Å². The van der Waals surface area contributed by atoms with E-state index in [0.29, 0.717) is 16.5 Å². The van der Waals surface area contributed by atoms with E-state index in [1.54, 1.807) is 11.7 Å². The van der Waals surface area contributed by atoms with Gasteiger partial charge in [0.1, 0.15) is 0 Å². The van der Waals surface area contributed by atoms with Crippen molar-refractivity contribution in [2.45, 2.75) is 69.9 Å². The summed E-state index contributed by atoms with van der Waals surface area (Å²) in [5, 5.41) is 8.81. The van der Waals surface area contributed by atoms with Crippen LogP contribution in [0.3, 0.4) is 0 Å². The molecule has 1 aromatic rings. The van der Waals surface area contributed by atoms with Crippen LogP contribution in [0.1, 0.15) is 73.0 Å². The summed E-state index contributed by atoms with van der Waals surface area (Å²) in [5.74, 6) is 0.419. The number of carbonyl (C=O) groups is 1. The highest BCUT2D eigenvalue weighted by atomic mass is 16.5. The minimum absolute atomic E-state index is 0.442. The molecule has 5 nitrogen and oxygen atoms in total. The van der Waals surface area contributed by atoms with Gasteiger partial charge >= 0.3 is 0 Å². The van der Waals surface area contributed by atoms with Crippen molar-refractivity contribution in [2.75, 3.05) is 6.54 Å². The van der Waals surface area contributed by atoms with Gasteiger partial charge < -0.3 is 0 Å². The van der Waals surface area contributed by atoms with Crippen molar-refractivity contribution in [3.8, 4) is 0 Å². The van der Waals surface area contributed by atoms with Crippen LogP contribution >= 0.6 is 0 Å². The SMILES string of the molecule is O=C(NO)c1cnc2c(c1)CCN([C@]13CC1CCCC1(CCC1)C3)C2. The lowest BCUT2D eigenvalue weighted by Crippen LogP contribution is -2.46. The number of hydroxylamine groups is 1. The molecule has 0 saturated heterocycles. The molecular formula is C20H27N3O2. The second-order valence-corrected chi connectivity index (χ2v) is 8.87. The number of nitrogens with one attached hydrogen (secondary N) is 1. The van der Waals surface area contributed by atoms with Gasteiger partial charge in [0.2, 0.25) is 0 Å². The van der Waals surface area contributed by atoms with Gasteiger partial charge in [-0.1, -0.05) is 12.8 Å². The fourth-order valence-corrected chi connectivity index (χ4v) is 6.00. The normalized spacial score (nSPS) is 32.9. The van der Waals surface area contributed by atoms with Crippen molar-refractivity contribution >= 4 is 5.91 Å². The maximum atomic E-state index is 11.6.